The van der Waals surface area contributed by atoms with E-state index < -0.39 is 35.3 Å². The molecular formula is C28H24FNO7. The van der Waals surface area contributed by atoms with Crippen molar-refractivity contribution in [3.8, 4) is 11.5 Å². The van der Waals surface area contributed by atoms with Gasteiger partial charge < -0.3 is 19.3 Å². The maximum absolute atomic E-state index is 14.1. The van der Waals surface area contributed by atoms with Crippen molar-refractivity contribution in [2.24, 2.45) is 0 Å². The number of benzene rings is 3. The number of rotatable bonds is 7. The molecular weight excluding hydrogens is 481 g/mol. The summed E-state index contributed by atoms with van der Waals surface area (Å²) in [5.74, 6) is -2.89. The van der Waals surface area contributed by atoms with Gasteiger partial charge in [0.2, 0.25) is 0 Å². The summed E-state index contributed by atoms with van der Waals surface area (Å²) in [5.41, 5.74) is 1.18. The second kappa shape index (κ2) is 10.5. The zero-order valence-corrected chi connectivity index (χ0v) is 20.4. The summed E-state index contributed by atoms with van der Waals surface area (Å²) < 4.78 is 29.4. The van der Waals surface area contributed by atoms with Crippen LogP contribution in [-0.2, 0) is 25.5 Å². The number of nitrogens with zero attached hydrogens (tertiary/aromatic N) is 1. The summed E-state index contributed by atoms with van der Waals surface area (Å²) in [6.07, 6.45) is 0.0360. The summed E-state index contributed by atoms with van der Waals surface area (Å²) in [6.45, 7) is 0. The van der Waals surface area contributed by atoms with Gasteiger partial charge in [-0.05, 0) is 53.6 Å². The van der Waals surface area contributed by atoms with Gasteiger partial charge in [0.15, 0.2) is 0 Å². The minimum Gasteiger partial charge on any atom is -0.507 e. The molecule has 0 saturated carbocycles. The molecule has 1 saturated heterocycles. The monoisotopic (exact) mass is 505 g/mol. The standard InChI is InChI=1S/C28H24FNO7/c1-35-20-6-4-5-17(14-20)25-24(26(32)21-15-18(29)9-12-22(21)36-2)27(33)28(34)30(25)19-10-7-16(8-11-19)13-23(31)37-3/h4-12,14-15,25,32H,13H2,1-3H3/b26-24+. The van der Waals surface area contributed by atoms with Crippen molar-refractivity contribution in [2.75, 3.05) is 26.2 Å². The molecule has 0 aliphatic carbocycles. The number of methoxy groups -OCH3 is 3. The Hall–Kier alpha value is -4.66. The average Bonchev–Trinajstić information content (AvgIpc) is 3.18. The van der Waals surface area contributed by atoms with Crippen molar-refractivity contribution in [1.82, 2.24) is 0 Å². The lowest BCUT2D eigenvalue weighted by atomic mass is 9.94. The highest BCUT2D eigenvalue weighted by molar-refractivity contribution is 6.51. The van der Waals surface area contributed by atoms with Gasteiger partial charge in [-0.1, -0.05) is 24.3 Å². The molecule has 0 bridgehead atoms. The van der Waals surface area contributed by atoms with E-state index in [0.717, 1.165) is 12.1 Å². The smallest absolute Gasteiger partial charge is 0.309 e. The van der Waals surface area contributed by atoms with Gasteiger partial charge in [0.1, 0.15) is 23.1 Å². The first-order valence-electron chi connectivity index (χ1n) is 11.2. The topological polar surface area (TPSA) is 102 Å². The predicted molar refractivity (Wildman–Crippen MR) is 133 cm³/mol. The third-order valence-corrected chi connectivity index (χ3v) is 6.06. The largest absolute Gasteiger partial charge is 0.507 e. The SMILES string of the molecule is COC(=O)Cc1ccc(N2C(=O)C(=O)/C(=C(/O)c3cc(F)ccc3OC)C2c2cccc(OC)c2)cc1. The maximum Gasteiger partial charge on any atom is 0.309 e. The lowest BCUT2D eigenvalue weighted by molar-refractivity contribution is -0.139. The molecule has 3 aromatic carbocycles. The number of carbonyl (C=O) groups excluding carboxylic acids is 3. The van der Waals surface area contributed by atoms with E-state index in [1.165, 1.54) is 32.3 Å². The molecule has 4 rings (SSSR count). The van der Waals surface area contributed by atoms with Crippen molar-refractivity contribution in [3.63, 3.8) is 0 Å². The van der Waals surface area contributed by atoms with Gasteiger partial charge in [-0.2, -0.15) is 0 Å². The normalized spacial score (nSPS) is 16.5. The first-order valence-corrected chi connectivity index (χ1v) is 11.2. The Bertz CT molecular complexity index is 1400. The highest BCUT2D eigenvalue weighted by Crippen LogP contribution is 2.44. The summed E-state index contributed by atoms with van der Waals surface area (Å²) >= 11 is 0. The Morgan fingerprint density at radius 2 is 1.70 bits per heavy atom. The number of aliphatic hydroxyl groups excluding tert-OH is 1. The summed E-state index contributed by atoms with van der Waals surface area (Å²) in [5, 5.41) is 11.3. The van der Waals surface area contributed by atoms with Crippen LogP contribution in [-0.4, -0.2) is 44.1 Å². The van der Waals surface area contributed by atoms with Crippen LogP contribution in [0.25, 0.3) is 5.76 Å². The second-order valence-corrected chi connectivity index (χ2v) is 8.21. The fourth-order valence-electron chi connectivity index (χ4n) is 4.25. The van der Waals surface area contributed by atoms with Crippen molar-refractivity contribution >= 4 is 29.1 Å². The molecule has 0 aromatic heterocycles. The van der Waals surface area contributed by atoms with E-state index in [2.05, 4.69) is 0 Å². The third-order valence-electron chi connectivity index (χ3n) is 6.06. The Morgan fingerprint density at radius 3 is 2.35 bits per heavy atom. The fourth-order valence-corrected chi connectivity index (χ4v) is 4.25. The predicted octanol–water partition coefficient (Wildman–Crippen LogP) is 4.18. The number of Topliss-reactive ketones (excluding diaryl/α,β-unsaturated/α-hetero) is 1. The van der Waals surface area contributed by atoms with Crippen LogP contribution in [0.15, 0.2) is 72.3 Å². The first-order chi connectivity index (χ1) is 17.8. The minimum absolute atomic E-state index is 0.0360. The van der Waals surface area contributed by atoms with Gasteiger partial charge in [-0.15, -0.1) is 0 Å². The van der Waals surface area contributed by atoms with Crippen molar-refractivity contribution < 1.29 is 38.1 Å². The van der Waals surface area contributed by atoms with E-state index in [1.807, 2.05) is 0 Å². The molecule has 1 atom stereocenters. The number of hydrogen-bond acceptors (Lipinski definition) is 7. The number of anilines is 1. The highest BCUT2D eigenvalue weighted by atomic mass is 19.1. The van der Waals surface area contributed by atoms with Gasteiger partial charge >= 0.3 is 5.97 Å². The number of hydrogen-bond donors (Lipinski definition) is 1. The van der Waals surface area contributed by atoms with E-state index in [-0.39, 0.29) is 23.3 Å². The zero-order chi connectivity index (χ0) is 26.7. The number of aliphatic hydroxyl groups is 1. The van der Waals surface area contributed by atoms with Gasteiger partial charge in [0.05, 0.1) is 44.9 Å². The Morgan fingerprint density at radius 1 is 0.973 bits per heavy atom. The van der Waals surface area contributed by atoms with Crippen LogP contribution in [0.4, 0.5) is 10.1 Å². The van der Waals surface area contributed by atoms with E-state index >= 15 is 0 Å². The first kappa shape index (κ1) is 25.4. The molecule has 1 fully saturated rings. The van der Waals surface area contributed by atoms with Crippen LogP contribution >= 0.6 is 0 Å². The molecule has 0 spiro atoms. The van der Waals surface area contributed by atoms with Gasteiger partial charge in [-0.25, -0.2) is 4.39 Å². The number of ketones is 1. The quantitative estimate of drug-likeness (QED) is 0.222. The van der Waals surface area contributed by atoms with Crippen LogP contribution in [0.1, 0.15) is 22.7 Å². The minimum atomic E-state index is -1.06. The zero-order valence-electron chi connectivity index (χ0n) is 20.4. The number of carbonyl (C=O) groups is 3. The van der Waals surface area contributed by atoms with E-state index in [9.17, 15) is 23.9 Å². The fraction of sp³-hybridized carbons (Fsp3) is 0.179. The molecule has 1 unspecified atom stereocenters. The number of amides is 1. The third kappa shape index (κ3) is 4.88. The van der Waals surface area contributed by atoms with E-state index in [4.69, 9.17) is 14.2 Å². The van der Waals surface area contributed by atoms with Gasteiger partial charge in [0.25, 0.3) is 11.7 Å². The molecule has 9 heteroatoms. The Kier molecular flexibility index (Phi) is 7.24. The molecule has 3 aromatic rings. The second-order valence-electron chi connectivity index (χ2n) is 8.21. The number of halogens is 1. The van der Waals surface area contributed by atoms with Gasteiger partial charge in [0, 0.05) is 5.69 Å². The van der Waals surface area contributed by atoms with Crippen LogP contribution < -0.4 is 14.4 Å². The van der Waals surface area contributed by atoms with Crippen LogP contribution in [0.3, 0.4) is 0 Å². The Balaban J connectivity index is 1.91. The summed E-state index contributed by atoms with van der Waals surface area (Å²) in [7, 11) is 4.11. The molecule has 1 N–H and O–H groups in total. The Labute approximate surface area is 212 Å². The lowest BCUT2D eigenvalue weighted by Crippen LogP contribution is -2.29. The average molecular weight is 505 g/mol. The molecule has 1 aliphatic heterocycles. The molecule has 8 nitrogen and oxygen atoms in total. The maximum atomic E-state index is 14.1. The van der Waals surface area contributed by atoms with Crippen LogP contribution in [0.2, 0.25) is 0 Å². The van der Waals surface area contributed by atoms with E-state index in [1.54, 1.807) is 48.5 Å². The number of esters is 1. The van der Waals surface area contributed by atoms with Gasteiger partial charge in [-0.3, -0.25) is 19.3 Å². The molecule has 190 valence electrons. The van der Waals surface area contributed by atoms with Crippen molar-refractivity contribution in [1.29, 1.82) is 0 Å². The summed E-state index contributed by atoms with van der Waals surface area (Å²) in [6, 6.07) is 15.7. The van der Waals surface area contributed by atoms with Crippen molar-refractivity contribution in [2.45, 2.75) is 12.5 Å². The molecule has 1 aliphatic rings. The summed E-state index contributed by atoms with van der Waals surface area (Å²) in [4.78, 5) is 39.6. The molecule has 0 radical (unpaired) electrons. The van der Waals surface area contributed by atoms with Crippen molar-refractivity contribution in [3.05, 3.63) is 94.8 Å². The highest BCUT2D eigenvalue weighted by Gasteiger charge is 2.47. The lowest BCUT2D eigenvalue weighted by Gasteiger charge is -2.26. The molecule has 1 amide bonds. The van der Waals surface area contributed by atoms with Crippen LogP contribution in [0.5, 0.6) is 11.5 Å². The molecule has 37 heavy (non-hydrogen) atoms. The van der Waals surface area contributed by atoms with Crippen LogP contribution in [0, 0.1) is 5.82 Å². The van der Waals surface area contributed by atoms with E-state index in [0.29, 0.717) is 22.6 Å². The molecule has 1 heterocycles. The number of ether oxygens (including phenoxy) is 3.